The fourth-order valence-corrected chi connectivity index (χ4v) is 1.92. The van der Waals surface area contributed by atoms with Crippen LogP contribution in [0, 0.1) is 19.3 Å². The summed E-state index contributed by atoms with van der Waals surface area (Å²) in [5.74, 6) is -0.269. The number of aryl methyl sites for hydroxylation is 2. The Bertz CT molecular complexity index is 672. The number of alkyl halides is 3. The van der Waals surface area contributed by atoms with Crippen LogP contribution in [0.2, 0.25) is 0 Å². The fraction of sp³-hybridized carbons (Fsp3) is 0.250. The number of nitrogen functional groups attached to an aromatic ring is 1. The molecule has 2 heterocycles. The number of hydrogen-bond donors (Lipinski definition) is 2. The molecule has 2 aromatic heterocycles. The van der Waals surface area contributed by atoms with E-state index in [9.17, 15) is 13.2 Å². The Morgan fingerprint density at radius 2 is 2.00 bits per heavy atom. The van der Waals surface area contributed by atoms with Crippen molar-refractivity contribution in [1.82, 2.24) is 14.8 Å². The summed E-state index contributed by atoms with van der Waals surface area (Å²) < 4.78 is 38.9. The van der Waals surface area contributed by atoms with Crippen LogP contribution >= 0.6 is 0 Å². The lowest BCUT2D eigenvalue weighted by Crippen LogP contribution is -2.18. The van der Waals surface area contributed by atoms with Gasteiger partial charge in [0.1, 0.15) is 5.84 Å². The first kappa shape index (κ1) is 14.0. The molecule has 0 fully saturated rings. The van der Waals surface area contributed by atoms with Crippen molar-refractivity contribution in [1.29, 1.82) is 5.41 Å². The van der Waals surface area contributed by atoms with Crippen molar-refractivity contribution >= 4 is 5.84 Å². The highest BCUT2D eigenvalue weighted by atomic mass is 19.4. The van der Waals surface area contributed by atoms with Crippen LogP contribution in [0.5, 0.6) is 0 Å². The monoisotopic (exact) mass is 283 g/mol. The third-order valence-electron chi connectivity index (χ3n) is 2.73. The molecule has 2 aromatic rings. The third-order valence-corrected chi connectivity index (χ3v) is 2.73. The van der Waals surface area contributed by atoms with Gasteiger partial charge in [0.05, 0.1) is 28.7 Å². The van der Waals surface area contributed by atoms with Gasteiger partial charge in [-0.2, -0.15) is 18.3 Å². The Balaban J connectivity index is 2.63. The minimum absolute atomic E-state index is 0.269. The van der Waals surface area contributed by atoms with Gasteiger partial charge >= 0.3 is 6.18 Å². The lowest BCUT2D eigenvalue weighted by Gasteiger charge is -2.12. The van der Waals surface area contributed by atoms with Crippen LogP contribution < -0.4 is 5.73 Å². The van der Waals surface area contributed by atoms with Crippen molar-refractivity contribution in [2.75, 3.05) is 0 Å². The standard InChI is InChI=1S/C12H12F3N5/c1-6-3-9(10(11(16)17)7(2)19-6)20-5-8(4-18-20)12(13,14)15/h3-5H,1-2H3,(H3,16,17). The van der Waals surface area contributed by atoms with Crippen molar-refractivity contribution in [3.05, 3.63) is 41.0 Å². The second-order valence-electron chi connectivity index (χ2n) is 4.33. The number of halogens is 3. The van der Waals surface area contributed by atoms with Crippen LogP contribution in [0.15, 0.2) is 18.5 Å². The summed E-state index contributed by atoms with van der Waals surface area (Å²) in [6.07, 6.45) is -2.87. The van der Waals surface area contributed by atoms with Gasteiger partial charge < -0.3 is 5.73 Å². The summed E-state index contributed by atoms with van der Waals surface area (Å²) in [5.41, 5.74) is 6.26. The van der Waals surface area contributed by atoms with E-state index in [4.69, 9.17) is 11.1 Å². The number of amidine groups is 1. The molecule has 0 aliphatic heterocycles. The van der Waals surface area contributed by atoms with E-state index >= 15 is 0 Å². The molecule has 8 heteroatoms. The number of pyridine rings is 1. The zero-order valence-electron chi connectivity index (χ0n) is 10.8. The molecule has 2 rings (SSSR count). The summed E-state index contributed by atoms with van der Waals surface area (Å²) in [7, 11) is 0. The number of nitrogens with zero attached hydrogens (tertiary/aromatic N) is 3. The van der Waals surface area contributed by atoms with Crippen molar-refractivity contribution in [3.8, 4) is 5.69 Å². The van der Waals surface area contributed by atoms with Crippen molar-refractivity contribution in [2.24, 2.45) is 5.73 Å². The average molecular weight is 283 g/mol. The number of nitrogens with two attached hydrogens (primary N) is 1. The van der Waals surface area contributed by atoms with E-state index in [0.29, 0.717) is 17.1 Å². The minimum Gasteiger partial charge on any atom is -0.384 e. The van der Waals surface area contributed by atoms with Gasteiger partial charge in [0, 0.05) is 11.9 Å². The molecule has 0 radical (unpaired) electrons. The van der Waals surface area contributed by atoms with E-state index in [2.05, 4.69) is 10.1 Å². The smallest absolute Gasteiger partial charge is 0.384 e. The fourth-order valence-electron chi connectivity index (χ4n) is 1.92. The molecule has 3 N–H and O–H groups in total. The molecule has 106 valence electrons. The van der Waals surface area contributed by atoms with E-state index in [1.54, 1.807) is 13.8 Å². The summed E-state index contributed by atoms with van der Waals surface area (Å²) in [5, 5.41) is 11.2. The zero-order valence-corrected chi connectivity index (χ0v) is 10.8. The summed E-state index contributed by atoms with van der Waals surface area (Å²) in [6, 6.07) is 1.54. The maximum atomic E-state index is 12.6. The van der Waals surface area contributed by atoms with Crippen LogP contribution in [0.4, 0.5) is 13.2 Å². The van der Waals surface area contributed by atoms with Crippen LogP contribution in [0.3, 0.4) is 0 Å². The van der Waals surface area contributed by atoms with Gasteiger partial charge in [-0.1, -0.05) is 0 Å². The van der Waals surface area contributed by atoms with Gasteiger partial charge in [-0.25, -0.2) is 4.68 Å². The molecule has 0 bridgehead atoms. The number of aromatic nitrogens is 3. The Kier molecular flexibility index (Phi) is 3.24. The van der Waals surface area contributed by atoms with E-state index in [0.717, 1.165) is 17.1 Å². The second kappa shape index (κ2) is 4.62. The molecule has 0 aliphatic rings. The Hall–Kier alpha value is -2.38. The Labute approximate surface area is 112 Å². The van der Waals surface area contributed by atoms with Gasteiger partial charge in [-0.05, 0) is 19.9 Å². The maximum absolute atomic E-state index is 12.6. The molecule has 0 amide bonds. The molecule has 0 saturated carbocycles. The van der Waals surface area contributed by atoms with Crippen LogP contribution in [-0.2, 0) is 6.18 Å². The number of hydrogen-bond acceptors (Lipinski definition) is 3. The molecule has 0 atom stereocenters. The number of nitrogens with one attached hydrogen (secondary N) is 1. The SMILES string of the molecule is Cc1cc(-n2cc(C(F)(F)F)cn2)c(C(=N)N)c(C)n1. The van der Waals surface area contributed by atoms with Gasteiger partial charge in [-0.15, -0.1) is 0 Å². The largest absolute Gasteiger partial charge is 0.419 e. The van der Waals surface area contributed by atoms with E-state index < -0.39 is 11.7 Å². The molecule has 0 saturated heterocycles. The molecule has 5 nitrogen and oxygen atoms in total. The molecular weight excluding hydrogens is 271 g/mol. The van der Waals surface area contributed by atoms with Gasteiger partial charge in [0.25, 0.3) is 0 Å². The molecule has 0 aliphatic carbocycles. The van der Waals surface area contributed by atoms with E-state index in [1.165, 1.54) is 6.07 Å². The Morgan fingerprint density at radius 1 is 1.35 bits per heavy atom. The van der Waals surface area contributed by atoms with E-state index in [1.807, 2.05) is 0 Å². The summed E-state index contributed by atoms with van der Waals surface area (Å²) in [6.45, 7) is 3.34. The Morgan fingerprint density at radius 3 is 2.50 bits per heavy atom. The predicted molar refractivity (Wildman–Crippen MR) is 66.9 cm³/mol. The first-order valence-corrected chi connectivity index (χ1v) is 5.65. The van der Waals surface area contributed by atoms with E-state index in [-0.39, 0.29) is 11.4 Å². The summed E-state index contributed by atoms with van der Waals surface area (Å²) >= 11 is 0. The highest BCUT2D eigenvalue weighted by Gasteiger charge is 2.32. The molecule has 20 heavy (non-hydrogen) atoms. The first-order chi connectivity index (χ1) is 9.20. The lowest BCUT2D eigenvalue weighted by molar-refractivity contribution is -0.137. The highest BCUT2D eigenvalue weighted by Crippen LogP contribution is 2.29. The lowest BCUT2D eigenvalue weighted by atomic mass is 10.1. The zero-order chi connectivity index (χ0) is 15.1. The number of rotatable bonds is 2. The van der Waals surface area contributed by atoms with Crippen LogP contribution in [-0.4, -0.2) is 20.6 Å². The van der Waals surface area contributed by atoms with Gasteiger partial charge in [0.2, 0.25) is 0 Å². The second-order valence-corrected chi connectivity index (χ2v) is 4.33. The van der Waals surface area contributed by atoms with Gasteiger partial charge in [-0.3, -0.25) is 10.4 Å². The molecule has 0 unspecified atom stereocenters. The quantitative estimate of drug-likeness (QED) is 0.655. The first-order valence-electron chi connectivity index (χ1n) is 5.65. The maximum Gasteiger partial charge on any atom is 0.419 e. The summed E-state index contributed by atoms with van der Waals surface area (Å²) in [4.78, 5) is 4.15. The van der Waals surface area contributed by atoms with Gasteiger partial charge in [0.15, 0.2) is 0 Å². The van der Waals surface area contributed by atoms with Crippen molar-refractivity contribution in [2.45, 2.75) is 20.0 Å². The van der Waals surface area contributed by atoms with Crippen molar-refractivity contribution in [3.63, 3.8) is 0 Å². The average Bonchev–Trinajstić information content (AvgIpc) is 2.75. The van der Waals surface area contributed by atoms with Crippen LogP contribution in [0.25, 0.3) is 5.69 Å². The minimum atomic E-state index is -4.47. The topological polar surface area (TPSA) is 80.6 Å². The molecule has 0 aromatic carbocycles. The molecule has 0 spiro atoms. The predicted octanol–water partition coefficient (Wildman–Crippen LogP) is 2.19. The highest BCUT2D eigenvalue weighted by molar-refractivity contribution is 5.99. The third kappa shape index (κ3) is 2.49. The van der Waals surface area contributed by atoms with Crippen LogP contribution in [0.1, 0.15) is 22.5 Å². The normalized spacial score (nSPS) is 11.7. The molecular formula is C12H12F3N5. The van der Waals surface area contributed by atoms with Crippen molar-refractivity contribution < 1.29 is 13.2 Å².